The highest BCUT2D eigenvalue weighted by Gasteiger charge is 1.92. The second kappa shape index (κ2) is 14.9. The van der Waals surface area contributed by atoms with E-state index in [9.17, 15) is 0 Å². The maximum Gasteiger partial charge on any atom is 0.153 e. The second-order valence-corrected chi connectivity index (χ2v) is 5.38. The number of amidine groups is 1. The van der Waals surface area contributed by atoms with Crippen LogP contribution in [-0.2, 0) is 0 Å². The first-order valence-corrected chi connectivity index (χ1v) is 8.23. The Bertz CT molecular complexity index is 193. The quantitative estimate of drug-likeness (QED) is 0.227. The minimum atomic E-state index is 0.811. The van der Waals surface area contributed by atoms with Gasteiger partial charge in [-0.1, -0.05) is 65.2 Å². The molecule has 0 spiro atoms. The Morgan fingerprint density at radius 2 is 1.39 bits per heavy atom. The smallest absolute Gasteiger partial charge is 0.153 e. The van der Waals surface area contributed by atoms with E-state index in [0.717, 1.165) is 18.3 Å². The highest BCUT2D eigenvalue weighted by Crippen LogP contribution is 2.08. The Kier molecular flexibility index (Phi) is 14.7. The zero-order valence-electron chi connectivity index (χ0n) is 12.4. The molecule has 0 aromatic heterocycles. The monoisotopic (exact) mass is 272 g/mol. The summed E-state index contributed by atoms with van der Waals surface area (Å²) in [4.78, 5) is 4.41. The third-order valence-electron chi connectivity index (χ3n) is 3.09. The van der Waals surface area contributed by atoms with E-state index in [1.165, 1.54) is 64.2 Å². The van der Waals surface area contributed by atoms with Gasteiger partial charge < -0.3 is 5.32 Å². The average Bonchev–Trinajstić information content (AvgIpc) is 2.37. The Labute approximate surface area is 119 Å². The summed E-state index contributed by atoms with van der Waals surface area (Å²) >= 11 is 4.32. The molecular weight excluding hydrogens is 240 g/mol. The number of unbranched alkanes of at least 4 members (excludes halogenated alkanes) is 8. The summed E-state index contributed by atoms with van der Waals surface area (Å²) in [7, 11) is 0. The van der Waals surface area contributed by atoms with Gasteiger partial charge in [-0.05, 0) is 12.8 Å². The first-order valence-electron chi connectivity index (χ1n) is 7.78. The van der Waals surface area contributed by atoms with Gasteiger partial charge in [-0.3, -0.25) is 4.99 Å². The summed E-state index contributed by atoms with van der Waals surface area (Å²) in [5, 5.41) is 4.03. The van der Waals surface area contributed by atoms with Crippen molar-refractivity contribution in [3.63, 3.8) is 0 Å². The molecule has 0 amide bonds. The molecule has 0 unspecified atom stereocenters. The topological polar surface area (TPSA) is 24.4 Å². The minimum absolute atomic E-state index is 0.811. The van der Waals surface area contributed by atoms with Gasteiger partial charge in [-0.25, -0.2) is 0 Å². The van der Waals surface area contributed by atoms with Crippen LogP contribution in [-0.4, -0.2) is 18.3 Å². The van der Waals surface area contributed by atoms with Crippen LogP contribution in [0.15, 0.2) is 4.99 Å². The van der Waals surface area contributed by atoms with Crippen molar-refractivity contribution < 1.29 is 0 Å². The van der Waals surface area contributed by atoms with E-state index < -0.39 is 0 Å². The SMILES string of the molecule is CCCCCCCCCC/N=C(\S)NCCCC. The van der Waals surface area contributed by atoms with Crippen molar-refractivity contribution in [3.05, 3.63) is 0 Å². The fourth-order valence-corrected chi connectivity index (χ4v) is 2.08. The van der Waals surface area contributed by atoms with E-state index in [-0.39, 0.29) is 0 Å². The maximum atomic E-state index is 4.41. The predicted octanol–water partition coefficient (Wildman–Crippen LogP) is 4.80. The molecule has 0 atom stereocenters. The molecule has 0 aromatic rings. The molecule has 0 saturated carbocycles. The molecule has 0 aromatic carbocycles. The second-order valence-electron chi connectivity index (χ2n) is 4.96. The molecule has 0 radical (unpaired) electrons. The van der Waals surface area contributed by atoms with Gasteiger partial charge in [-0.15, -0.1) is 12.6 Å². The van der Waals surface area contributed by atoms with Crippen LogP contribution in [0, 0.1) is 0 Å². The number of hydrogen-bond acceptors (Lipinski definition) is 1. The number of nitrogens with zero attached hydrogens (tertiary/aromatic N) is 1. The van der Waals surface area contributed by atoms with Crippen molar-refractivity contribution >= 4 is 17.8 Å². The molecule has 0 aliphatic heterocycles. The molecule has 0 aliphatic carbocycles. The molecule has 0 fully saturated rings. The van der Waals surface area contributed by atoms with Crippen LogP contribution in [0.4, 0.5) is 0 Å². The van der Waals surface area contributed by atoms with Crippen molar-refractivity contribution in [2.75, 3.05) is 13.1 Å². The van der Waals surface area contributed by atoms with Gasteiger partial charge in [0.25, 0.3) is 0 Å². The number of aliphatic imine (C=N–C) groups is 1. The van der Waals surface area contributed by atoms with Crippen LogP contribution >= 0.6 is 12.6 Å². The summed E-state index contributed by atoms with van der Waals surface area (Å²) in [5.74, 6) is 0. The Morgan fingerprint density at radius 3 is 2.00 bits per heavy atom. The van der Waals surface area contributed by atoms with Gasteiger partial charge in [0.1, 0.15) is 0 Å². The molecule has 3 heteroatoms. The standard InChI is InChI=1S/C15H32N2S/c1-3-5-7-8-9-10-11-12-14-17-15(18)16-13-6-4-2/h3-14H2,1-2H3,(H2,16,17,18). The van der Waals surface area contributed by atoms with Gasteiger partial charge in [0, 0.05) is 13.1 Å². The Morgan fingerprint density at radius 1 is 0.833 bits per heavy atom. The normalized spacial score (nSPS) is 11.8. The number of thiol groups is 1. The lowest BCUT2D eigenvalue weighted by Gasteiger charge is -2.03. The third-order valence-corrected chi connectivity index (χ3v) is 3.39. The average molecular weight is 273 g/mol. The van der Waals surface area contributed by atoms with E-state index in [0.29, 0.717) is 0 Å². The first kappa shape index (κ1) is 17.8. The van der Waals surface area contributed by atoms with E-state index in [2.05, 4.69) is 36.8 Å². The van der Waals surface area contributed by atoms with Crippen LogP contribution in [0.3, 0.4) is 0 Å². The lowest BCUT2D eigenvalue weighted by atomic mass is 10.1. The first-order chi connectivity index (χ1) is 8.81. The van der Waals surface area contributed by atoms with Gasteiger partial charge in [0.05, 0.1) is 0 Å². The number of rotatable bonds is 12. The summed E-state index contributed by atoms with van der Waals surface area (Å²) in [6.07, 6.45) is 13.2. The zero-order chi connectivity index (χ0) is 13.5. The fourth-order valence-electron chi connectivity index (χ4n) is 1.86. The third kappa shape index (κ3) is 13.9. The molecule has 108 valence electrons. The van der Waals surface area contributed by atoms with Crippen molar-refractivity contribution in [2.45, 2.75) is 78.1 Å². The summed E-state index contributed by atoms with van der Waals surface area (Å²) in [5.41, 5.74) is 0. The summed E-state index contributed by atoms with van der Waals surface area (Å²) in [6, 6.07) is 0. The number of nitrogens with one attached hydrogen (secondary N) is 1. The molecule has 2 nitrogen and oxygen atoms in total. The van der Waals surface area contributed by atoms with Crippen molar-refractivity contribution in [1.82, 2.24) is 5.32 Å². The highest BCUT2D eigenvalue weighted by molar-refractivity contribution is 7.96. The zero-order valence-corrected chi connectivity index (χ0v) is 13.3. The number of hydrogen-bond donors (Lipinski definition) is 2. The fraction of sp³-hybridized carbons (Fsp3) is 0.933. The van der Waals surface area contributed by atoms with E-state index in [4.69, 9.17) is 0 Å². The molecule has 0 heterocycles. The molecular formula is C15H32N2S. The molecule has 0 bridgehead atoms. The van der Waals surface area contributed by atoms with Crippen LogP contribution in [0.2, 0.25) is 0 Å². The van der Waals surface area contributed by atoms with Gasteiger partial charge in [-0.2, -0.15) is 0 Å². The van der Waals surface area contributed by atoms with E-state index >= 15 is 0 Å². The summed E-state index contributed by atoms with van der Waals surface area (Å²) in [6.45, 7) is 6.38. The molecule has 0 rings (SSSR count). The molecule has 0 saturated heterocycles. The summed E-state index contributed by atoms with van der Waals surface area (Å²) < 4.78 is 0. The van der Waals surface area contributed by atoms with E-state index in [1.807, 2.05) is 0 Å². The van der Waals surface area contributed by atoms with Crippen molar-refractivity contribution in [1.29, 1.82) is 0 Å². The van der Waals surface area contributed by atoms with Crippen LogP contribution in [0.1, 0.15) is 78.1 Å². The van der Waals surface area contributed by atoms with Gasteiger partial charge >= 0.3 is 0 Å². The highest BCUT2D eigenvalue weighted by atomic mass is 32.1. The van der Waals surface area contributed by atoms with Crippen LogP contribution in [0.5, 0.6) is 0 Å². The molecule has 1 N–H and O–H groups in total. The van der Waals surface area contributed by atoms with Crippen LogP contribution in [0.25, 0.3) is 0 Å². The minimum Gasteiger partial charge on any atom is -0.365 e. The van der Waals surface area contributed by atoms with Crippen LogP contribution < -0.4 is 5.32 Å². The predicted molar refractivity (Wildman–Crippen MR) is 86.8 cm³/mol. The van der Waals surface area contributed by atoms with Gasteiger partial charge in [0.15, 0.2) is 5.17 Å². The maximum absolute atomic E-state index is 4.41. The Hall–Kier alpha value is -0.180. The largest absolute Gasteiger partial charge is 0.365 e. The van der Waals surface area contributed by atoms with Crippen molar-refractivity contribution in [3.8, 4) is 0 Å². The lowest BCUT2D eigenvalue weighted by molar-refractivity contribution is 0.578. The Balaban J connectivity index is 3.20. The van der Waals surface area contributed by atoms with Gasteiger partial charge in [0.2, 0.25) is 0 Å². The van der Waals surface area contributed by atoms with Crippen molar-refractivity contribution in [2.24, 2.45) is 4.99 Å². The molecule has 18 heavy (non-hydrogen) atoms. The van der Waals surface area contributed by atoms with E-state index in [1.54, 1.807) is 0 Å². The molecule has 0 aliphatic rings. The lowest BCUT2D eigenvalue weighted by Crippen LogP contribution is -2.19.